The molecule has 0 aromatic heterocycles. The smallest absolute Gasteiger partial charge is 0.244 e. The van der Waals surface area contributed by atoms with E-state index < -0.39 is 34.1 Å². The standard InChI is InChI=1S/C25H32ClN3O6S/c1-17(24(31)27-25(2,3)4)28(15-18-6-8-19(26)9-7-18)23(30)16-29(36(5,32)33)20-10-11-21-22(14-20)35-13-12-34-21/h6-11,14,17H,12-13,15-16H2,1-5H3,(H,27,31)/t17-/m0/s1. The topological polar surface area (TPSA) is 105 Å². The monoisotopic (exact) mass is 537 g/mol. The molecule has 1 heterocycles. The van der Waals surface area contributed by atoms with Crippen LogP contribution in [0.2, 0.25) is 5.02 Å². The van der Waals surface area contributed by atoms with Crippen molar-refractivity contribution in [3.05, 3.63) is 53.1 Å². The van der Waals surface area contributed by atoms with Crippen LogP contribution < -0.4 is 19.1 Å². The summed E-state index contributed by atoms with van der Waals surface area (Å²) in [6, 6.07) is 10.7. The van der Waals surface area contributed by atoms with Crippen molar-refractivity contribution in [2.24, 2.45) is 0 Å². The number of amides is 2. The van der Waals surface area contributed by atoms with Crippen molar-refractivity contribution in [2.75, 3.05) is 30.3 Å². The Morgan fingerprint density at radius 2 is 1.67 bits per heavy atom. The molecule has 2 aromatic rings. The lowest BCUT2D eigenvalue weighted by Gasteiger charge is -2.33. The number of hydrogen-bond donors (Lipinski definition) is 1. The molecule has 1 aliphatic heterocycles. The van der Waals surface area contributed by atoms with Gasteiger partial charge in [-0.25, -0.2) is 8.42 Å². The average Bonchev–Trinajstić information content (AvgIpc) is 2.79. The normalized spacial score (nSPS) is 14.1. The second kappa shape index (κ2) is 11.0. The SMILES string of the molecule is C[C@@H](C(=O)NC(C)(C)C)N(Cc1ccc(Cl)cc1)C(=O)CN(c1ccc2c(c1)OCCO2)S(C)(=O)=O. The molecule has 0 aliphatic carbocycles. The van der Waals surface area contributed by atoms with Gasteiger partial charge in [-0.15, -0.1) is 0 Å². The van der Waals surface area contributed by atoms with Crippen LogP contribution in [0.1, 0.15) is 33.3 Å². The molecule has 1 N–H and O–H groups in total. The number of benzene rings is 2. The van der Waals surface area contributed by atoms with E-state index in [1.54, 1.807) is 43.3 Å². The largest absolute Gasteiger partial charge is 0.486 e. The van der Waals surface area contributed by atoms with E-state index in [9.17, 15) is 18.0 Å². The first-order valence-corrected chi connectivity index (χ1v) is 13.7. The van der Waals surface area contributed by atoms with Crippen LogP contribution in [-0.2, 0) is 26.2 Å². The number of fused-ring (bicyclic) bond motifs is 1. The molecule has 0 saturated carbocycles. The average molecular weight is 538 g/mol. The fraction of sp³-hybridized carbons (Fsp3) is 0.440. The summed E-state index contributed by atoms with van der Waals surface area (Å²) in [4.78, 5) is 27.9. The Morgan fingerprint density at radius 1 is 1.06 bits per heavy atom. The fourth-order valence-electron chi connectivity index (χ4n) is 3.64. The van der Waals surface area contributed by atoms with E-state index in [4.69, 9.17) is 21.1 Å². The molecular weight excluding hydrogens is 506 g/mol. The molecule has 1 atom stereocenters. The number of nitrogens with one attached hydrogen (secondary N) is 1. The van der Waals surface area contributed by atoms with Gasteiger partial charge in [0.1, 0.15) is 25.8 Å². The van der Waals surface area contributed by atoms with Crippen molar-refractivity contribution in [3.8, 4) is 11.5 Å². The number of sulfonamides is 1. The number of halogens is 1. The first kappa shape index (κ1) is 27.6. The van der Waals surface area contributed by atoms with E-state index in [1.807, 2.05) is 20.8 Å². The Kier molecular flexibility index (Phi) is 8.40. The van der Waals surface area contributed by atoms with Crippen molar-refractivity contribution in [2.45, 2.75) is 45.8 Å². The first-order chi connectivity index (χ1) is 16.7. The number of hydrogen-bond acceptors (Lipinski definition) is 6. The minimum atomic E-state index is -3.85. The molecule has 0 bridgehead atoms. The van der Waals surface area contributed by atoms with Crippen LogP contribution >= 0.6 is 11.6 Å². The molecule has 1 aliphatic rings. The van der Waals surface area contributed by atoms with Crippen LogP contribution in [0.3, 0.4) is 0 Å². The van der Waals surface area contributed by atoms with E-state index in [-0.39, 0.29) is 18.1 Å². The van der Waals surface area contributed by atoms with Crippen molar-refractivity contribution in [1.29, 1.82) is 0 Å². The Balaban J connectivity index is 1.92. The molecule has 0 spiro atoms. The van der Waals surface area contributed by atoms with Crippen LogP contribution in [0.5, 0.6) is 11.5 Å². The zero-order chi connectivity index (χ0) is 26.7. The third-order valence-electron chi connectivity index (χ3n) is 5.42. The van der Waals surface area contributed by atoms with Crippen LogP contribution in [0, 0.1) is 0 Å². The fourth-order valence-corrected chi connectivity index (χ4v) is 4.61. The highest BCUT2D eigenvalue weighted by Gasteiger charge is 2.31. The van der Waals surface area contributed by atoms with E-state index in [2.05, 4.69) is 5.32 Å². The minimum absolute atomic E-state index is 0.0907. The van der Waals surface area contributed by atoms with Crippen LogP contribution in [0.25, 0.3) is 0 Å². The molecule has 3 rings (SSSR count). The predicted octanol–water partition coefficient (Wildman–Crippen LogP) is 3.21. The highest BCUT2D eigenvalue weighted by molar-refractivity contribution is 7.92. The van der Waals surface area contributed by atoms with Crippen LogP contribution in [-0.4, -0.2) is 62.7 Å². The third kappa shape index (κ3) is 7.27. The maximum Gasteiger partial charge on any atom is 0.244 e. The van der Waals surface area contributed by atoms with E-state index in [1.165, 1.54) is 11.0 Å². The lowest BCUT2D eigenvalue weighted by atomic mass is 10.1. The molecule has 11 heteroatoms. The highest BCUT2D eigenvalue weighted by atomic mass is 35.5. The van der Waals surface area contributed by atoms with E-state index in [0.29, 0.717) is 29.7 Å². The van der Waals surface area contributed by atoms with Crippen LogP contribution in [0.15, 0.2) is 42.5 Å². The van der Waals surface area contributed by atoms with Gasteiger partial charge >= 0.3 is 0 Å². The molecule has 0 saturated heterocycles. The Morgan fingerprint density at radius 3 is 2.25 bits per heavy atom. The zero-order valence-electron chi connectivity index (χ0n) is 21.1. The van der Waals surface area contributed by atoms with Crippen molar-refractivity contribution >= 4 is 39.1 Å². The van der Waals surface area contributed by atoms with Gasteiger partial charge in [0.2, 0.25) is 21.8 Å². The molecule has 0 unspecified atom stereocenters. The van der Waals surface area contributed by atoms with Gasteiger partial charge in [-0.2, -0.15) is 0 Å². The minimum Gasteiger partial charge on any atom is -0.486 e. The number of ether oxygens (including phenoxy) is 2. The summed E-state index contributed by atoms with van der Waals surface area (Å²) < 4.78 is 37.6. The van der Waals surface area contributed by atoms with Gasteiger partial charge in [0, 0.05) is 23.2 Å². The summed E-state index contributed by atoms with van der Waals surface area (Å²) in [5.74, 6) is 0.00859. The van der Waals surface area contributed by atoms with Gasteiger partial charge in [-0.05, 0) is 57.5 Å². The molecule has 0 radical (unpaired) electrons. The van der Waals surface area contributed by atoms with Gasteiger partial charge in [-0.3, -0.25) is 13.9 Å². The van der Waals surface area contributed by atoms with Gasteiger partial charge in [-0.1, -0.05) is 23.7 Å². The number of rotatable bonds is 8. The number of carbonyl (C=O) groups excluding carboxylic acids is 2. The van der Waals surface area contributed by atoms with Gasteiger partial charge in [0.05, 0.1) is 11.9 Å². The zero-order valence-corrected chi connectivity index (χ0v) is 22.6. The predicted molar refractivity (Wildman–Crippen MR) is 139 cm³/mol. The maximum atomic E-state index is 13.6. The van der Waals surface area contributed by atoms with Gasteiger partial charge < -0.3 is 19.7 Å². The lowest BCUT2D eigenvalue weighted by Crippen LogP contribution is -2.54. The molecule has 2 amide bonds. The molecule has 36 heavy (non-hydrogen) atoms. The van der Waals surface area contributed by atoms with E-state index in [0.717, 1.165) is 16.1 Å². The Labute approximate surface area is 217 Å². The van der Waals surface area contributed by atoms with Crippen molar-refractivity contribution in [1.82, 2.24) is 10.2 Å². The maximum absolute atomic E-state index is 13.6. The first-order valence-electron chi connectivity index (χ1n) is 11.5. The molecule has 2 aromatic carbocycles. The number of anilines is 1. The quantitative estimate of drug-likeness (QED) is 0.554. The summed E-state index contributed by atoms with van der Waals surface area (Å²) in [6.07, 6.45) is 1.02. The Bertz CT molecular complexity index is 1210. The lowest BCUT2D eigenvalue weighted by molar-refractivity contribution is -0.140. The highest BCUT2D eigenvalue weighted by Crippen LogP contribution is 2.34. The van der Waals surface area contributed by atoms with Gasteiger partial charge in [0.25, 0.3) is 0 Å². The van der Waals surface area contributed by atoms with E-state index >= 15 is 0 Å². The van der Waals surface area contributed by atoms with Gasteiger partial charge in [0.15, 0.2) is 11.5 Å². The summed E-state index contributed by atoms with van der Waals surface area (Å²) in [5.41, 5.74) is 0.492. The summed E-state index contributed by atoms with van der Waals surface area (Å²) in [6.45, 7) is 7.47. The summed E-state index contributed by atoms with van der Waals surface area (Å²) in [7, 11) is -3.85. The Hall–Kier alpha value is -2.98. The van der Waals surface area contributed by atoms with Crippen molar-refractivity contribution < 1.29 is 27.5 Å². The number of carbonyl (C=O) groups is 2. The molecule has 196 valence electrons. The second-order valence-electron chi connectivity index (χ2n) is 9.66. The van der Waals surface area contributed by atoms with Crippen LogP contribution in [0.4, 0.5) is 5.69 Å². The van der Waals surface area contributed by atoms with Crippen molar-refractivity contribution in [3.63, 3.8) is 0 Å². The molecular formula is C25H32ClN3O6S. The summed E-state index contributed by atoms with van der Waals surface area (Å²) >= 11 is 6.00. The summed E-state index contributed by atoms with van der Waals surface area (Å²) in [5, 5.41) is 3.42. The molecule has 9 nitrogen and oxygen atoms in total. The molecule has 0 fully saturated rings. The number of nitrogens with zero attached hydrogens (tertiary/aromatic N) is 2. The second-order valence-corrected chi connectivity index (χ2v) is 12.0. The third-order valence-corrected chi connectivity index (χ3v) is 6.82.